The topological polar surface area (TPSA) is 124 Å². The molecule has 0 bridgehead atoms. The number of hydrogen-bond acceptors (Lipinski definition) is 4. The van der Waals surface area contributed by atoms with E-state index in [1.807, 2.05) is 0 Å². The lowest BCUT2D eigenvalue weighted by Crippen LogP contribution is -2.27. The maximum absolute atomic E-state index is 11.4. The van der Waals surface area contributed by atoms with Gasteiger partial charge in [-0.05, 0) is 18.0 Å². The lowest BCUT2D eigenvalue weighted by atomic mass is 10.3. The molecule has 0 aromatic carbocycles. The van der Waals surface area contributed by atoms with E-state index in [9.17, 15) is 9.59 Å². The summed E-state index contributed by atoms with van der Waals surface area (Å²) in [7, 11) is 0. The minimum Gasteiger partial charge on any atom is -0.351 e. The first-order valence-electron chi connectivity index (χ1n) is 4.59. The van der Waals surface area contributed by atoms with Gasteiger partial charge in [0, 0.05) is 24.1 Å². The van der Waals surface area contributed by atoms with Gasteiger partial charge in [-0.15, -0.1) is 0 Å². The summed E-state index contributed by atoms with van der Waals surface area (Å²) >= 11 is 0. The molecule has 2 N–H and O–H groups in total. The van der Waals surface area contributed by atoms with E-state index in [1.54, 1.807) is 0 Å². The summed E-state index contributed by atoms with van der Waals surface area (Å²) in [6.07, 6.45) is 0.555. The predicted molar refractivity (Wildman–Crippen MR) is 55.8 cm³/mol. The minimum atomic E-state index is -0.378. The normalized spacial score (nSPS) is 9.25. The highest BCUT2D eigenvalue weighted by Gasteiger charge is 2.05. The fourth-order valence-electron chi connectivity index (χ4n) is 0.958. The van der Waals surface area contributed by atoms with Gasteiger partial charge in [0.1, 0.15) is 5.69 Å². The molecule has 1 heterocycles. The highest BCUT2D eigenvalue weighted by molar-refractivity contribution is 5.91. The summed E-state index contributed by atoms with van der Waals surface area (Å²) in [6.45, 7) is 0.717. The lowest BCUT2D eigenvalue weighted by Gasteiger charge is -2.01. The number of carbonyl (C=O) groups excluding carboxylic acids is 1. The molecule has 0 saturated carbocycles. The molecule has 1 aromatic heterocycles. The molecule has 8 nitrogen and oxygen atoms in total. The number of rotatable bonds is 5. The molecule has 0 saturated heterocycles. The fourth-order valence-corrected chi connectivity index (χ4v) is 0.958. The summed E-state index contributed by atoms with van der Waals surface area (Å²) in [4.78, 5) is 24.7. The summed E-state index contributed by atoms with van der Waals surface area (Å²) in [6, 6.07) is 2.56. The summed E-state index contributed by atoms with van der Waals surface area (Å²) in [5, 5.41) is 11.6. The maximum atomic E-state index is 11.4. The summed E-state index contributed by atoms with van der Waals surface area (Å²) in [5.41, 5.74) is 7.79. The van der Waals surface area contributed by atoms with Crippen molar-refractivity contribution in [3.8, 4) is 0 Å². The minimum absolute atomic E-state index is 0.142. The van der Waals surface area contributed by atoms with Gasteiger partial charge in [0.25, 0.3) is 11.5 Å². The number of nitrogens with one attached hydrogen (secondary N) is 2. The van der Waals surface area contributed by atoms with Crippen molar-refractivity contribution in [2.75, 3.05) is 13.1 Å². The first-order chi connectivity index (χ1) is 7.74. The van der Waals surface area contributed by atoms with E-state index in [4.69, 9.17) is 5.53 Å². The Balaban J connectivity index is 2.38. The molecule has 1 aromatic rings. The van der Waals surface area contributed by atoms with Crippen molar-refractivity contribution in [2.24, 2.45) is 5.11 Å². The monoisotopic (exact) mass is 222 g/mol. The first kappa shape index (κ1) is 11.7. The van der Waals surface area contributed by atoms with Gasteiger partial charge in [-0.1, -0.05) is 5.11 Å². The SMILES string of the molecule is [N-]=[N+]=NCCCNC(=O)c1ccc(=O)[nH]n1. The molecule has 0 aliphatic carbocycles. The van der Waals surface area contributed by atoms with Gasteiger partial charge in [-0.25, -0.2) is 5.10 Å². The zero-order valence-electron chi connectivity index (χ0n) is 8.38. The lowest BCUT2D eigenvalue weighted by molar-refractivity contribution is 0.0947. The van der Waals surface area contributed by atoms with Gasteiger partial charge in [0.15, 0.2) is 0 Å². The van der Waals surface area contributed by atoms with E-state index >= 15 is 0 Å². The fraction of sp³-hybridized carbons (Fsp3) is 0.375. The first-order valence-corrected chi connectivity index (χ1v) is 4.59. The third-order valence-electron chi connectivity index (χ3n) is 1.70. The molecule has 0 spiro atoms. The Kier molecular flexibility index (Phi) is 4.55. The van der Waals surface area contributed by atoms with E-state index in [2.05, 4.69) is 25.5 Å². The molecule has 0 aliphatic heterocycles. The molecule has 0 atom stereocenters. The van der Waals surface area contributed by atoms with Gasteiger partial charge >= 0.3 is 0 Å². The molecule has 0 fully saturated rings. The zero-order chi connectivity index (χ0) is 11.8. The van der Waals surface area contributed by atoms with Crippen LogP contribution in [0.5, 0.6) is 0 Å². The van der Waals surface area contributed by atoms with Crippen LogP contribution in [0.4, 0.5) is 0 Å². The van der Waals surface area contributed by atoms with Crippen molar-refractivity contribution in [2.45, 2.75) is 6.42 Å². The third kappa shape index (κ3) is 3.81. The Morgan fingerprint density at radius 2 is 2.44 bits per heavy atom. The number of H-pyrrole nitrogens is 1. The van der Waals surface area contributed by atoms with E-state index in [0.717, 1.165) is 0 Å². The molecular weight excluding hydrogens is 212 g/mol. The number of hydrogen-bond donors (Lipinski definition) is 2. The van der Waals surface area contributed by atoms with E-state index in [-0.39, 0.29) is 17.2 Å². The van der Waals surface area contributed by atoms with Crippen LogP contribution in [0, 0.1) is 0 Å². The van der Waals surface area contributed by atoms with Gasteiger partial charge < -0.3 is 5.32 Å². The van der Waals surface area contributed by atoms with Crippen LogP contribution in [-0.2, 0) is 0 Å². The number of carbonyl (C=O) groups is 1. The van der Waals surface area contributed by atoms with Crippen LogP contribution in [-0.4, -0.2) is 29.2 Å². The standard InChI is InChI=1S/C8H10N6O2/c9-14-11-5-1-4-10-8(16)6-2-3-7(15)13-12-6/h2-3H,1,4-5H2,(H,10,16)(H,13,15). The largest absolute Gasteiger partial charge is 0.351 e. The molecule has 1 rings (SSSR count). The van der Waals surface area contributed by atoms with Crippen molar-refractivity contribution in [1.82, 2.24) is 15.5 Å². The molecule has 0 aliphatic rings. The summed E-state index contributed by atoms with van der Waals surface area (Å²) in [5.74, 6) is -0.378. The van der Waals surface area contributed by atoms with Crippen LogP contribution in [0.25, 0.3) is 10.4 Å². The second-order valence-electron chi connectivity index (χ2n) is 2.87. The van der Waals surface area contributed by atoms with E-state index in [1.165, 1.54) is 12.1 Å². The molecule has 0 unspecified atom stereocenters. The van der Waals surface area contributed by atoms with Crippen LogP contribution in [0.2, 0.25) is 0 Å². The number of amides is 1. The Hall–Kier alpha value is -2.34. The molecule has 0 radical (unpaired) electrons. The molecule has 1 amide bonds. The highest BCUT2D eigenvalue weighted by Crippen LogP contribution is 1.88. The zero-order valence-corrected chi connectivity index (χ0v) is 8.38. The number of aromatic amines is 1. The van der Waals surface area contributed by atoms with Gasteiger partial charge in [-0.2, -0.15) is 5.10 Å². The van der Waals surface area contributed by atoms with E-state index < -0.39 is 0 Å². The third-order valence-corrected chi connectivity index (χ3v) is 1.70. The van der Waals surface area contributed by atoms with Gasteiger partial charge in [-0.3, -0.25) is 9.59 Å². The molecule has 8 heteroatoms. The van der Waals surface area contributed by atoms with Crippen LogP contribution in [0.3, 0.4) is 0 Å². The van der Waals surface area contributed by atoms with E-state index in [0.29, 0.717) is 19.5 Å². The Morgan fingerprint density at radius 3 is 3.06 bits per heavy atom. The quantitative estimate of drug-likeness (QED) is 0.320. The number of azide groups is 1. The van der Waals surface area contributed by atoms with Crippen molar-refractivity contribution < 1.29 is 4.79 Å². The average molecular weight is 222 g/mol. The number of nitrogens with zero attached hydrogens (tertiary/aromatic N) is 4. The maximum Gasteiger partial charge on any atom is 0.271 e. The van der Waals surface area contributed by atoms with Crippen molar-refractivity contribution in [1.29, 1.82) is 0 Å². The van der Waals surface area contributed by atoms with Crippen LogP contribution < -0.4 is 10.9 Å². The smallest absolute Gasteiger partial charge is 0.271 e. The second kappa shape index (κ2) is 6.20. The van der Waals surface area contributed by atoms with Crippen molar-refractivity contribution >= 4 is 5.91 Å². The molecule has 16 heavy (non-hydrogen) atoms. The van der Waals surface area contributed by atoms with Crippen molar-refractivity contribution in [3.63, 3.8) is 0 Å². The highest BCUT2D eigenvalue weighted by atomic mass is 16.2. The van der Waals surface area contributed by atoms with Crippen LogP contribution in [0.1, 0.15) is 16.9 Å². The summed E-state index contributed by atoms with van der Waals surface area (Å²) < 4.78 is 0. The Morgan fingerprint density at radius 1 is 1.62 bits per heavy atom. The Labute approximate surface area is 90.3 Å². The van der Waals surface area contributed by atoms with Gasteiger partial charge in [0.2, 0.25) is 0 Å². The van der Waals surface area contributed by atoms with Gasteiger partial charge in [0.05, 0.1) is 0 Å². The number of aromatic nitrogens is 2. The average Bonchev–Trinajstić information content (AvgIpc) is 2.29. The van der Waals surface area contributed by atoms with Crippen LogP contribution in [0.15, 0.2) is 22.0 Å². The predicted octanol–water partition coefficient (Wildman–Crippen LogP) is 0.200. The van der Waals surface area contributed by atoms with Crippen LogP contribution >= 0.6 is 0 Å². The molecule has 84 valence electrons. The Bertz CT molecular complexity index is 441. The molecular formula is C8H10N6O2. The second-order valence-corrected chi connectivity index (χ2v) is 2.87. The van der Waals surface area contributed by atoms with Crippen molar-refractivity contribution in [3.05, 3.63) is 38.6 Å².